The first-order chi connectivity index (χ1) is 9.95. The van der Waals surface area contributed by atoms with Crippen LogP contribution in [-0.2, 0) is 9.84 Å². The van der Waals surface area contributed by atoms with Gasteiger partial charge in [0.2, 0.25) is 0 Å². The van der Waals surface area contributed by atoms with Crippen LogP contribution in [0.4, 0.5) is 11.5 Å². The molecule has 0 amide bonds. The van der Waals surface area contributed by atoms with Crippen molar-refractivity contribution in [2.45, 2.75) is 4.90 Å². The summed E-state index contributed by atoms with van der Waals surface area (Å²) in [6, 6.07) is 6.50. The molecule has 3 rings (SSSR count). The summed E-state index contributed by atoms with van der Waals surface area (Å²) in [5.41, 5.74) is 1.42. The van der Waals surface area contributed by atoms with Crippen molar-refractivity contribution >= 4 is 42.9 Å². The Labute approximate surface area is 129 Å². The number of fused-ring (bicyclic) bond motifs is 1. The summed E-state index contributed by atoms with van der Waals surface area (Å²) in [6.07, 6.45) is 6.35. The number of hydrogen-bond donors (Lipinski definition) is 1. The second-order valence-corrected chi connectivity index (χ2v) is 7.30. The zero-order chi connectivity index (χ0) is 15.0. The summed E-state index contributed by atoms with van der Waals surface area (Å²) in [5.74, 6) is 0.593. The van der Waals surface area contributed by atoms with E-state index in [2.05, 4.69) is 31.2 Å². The van der Waals surface area contributed by atoms with Gasteiger partial charge >= 0.3 is 0 Å². The van der Waals surface area contributed by atoms with Crippen molar-refractivity contribution in [2.24, 2.45) is 0 Å². The molecule has 2 heterocycles. The average Bonchev–Trinajstić information content (AvgIpc) is 2.92. The lowest BCUT2D eigenvalue weighted by Gasteiger charge is -2.08. The van der Waals surface area contributed by atoms with Gasteiger partial charge < -0.3 is 5.32 Å². The first kappa shape index (κ1) is 14.0. The molecule has 0 unspecified atom stereocenters. The number of aromatic nitrogens is 3. The van der Waals surface area contributed by atoms with Crippen LogP contribution >= 0.6 is 15.9 Å². The molecule has 2 aromatic heterocycles. The van der Waals surface area contributed by atoms with Gasteiger partial charge in [0.15, 0.2) is 21.3 Å². The molecule has 8 heteroatoms. The Hall–Kier alpha value is -1.93. The molecule has 6 nitrogen and oxygen atoms in total. The van der Waals surface area contributed by atoms with E-state index in [0.29, 0.717) is 11.5 Å². The number of benzene rings is 1. The topological polar surface area (TPSA) is 76.4 Å². The Bertz CT molecular complexity index is 904. The van der Waals surface area contributed by atoms with Crippen molar-refractivity contribution < 1.29 is 8.42 Å². The van der Waals surface area contributed by atoms with Gasteiger partial charge in [0.25, 0.3) is 0 Å². The van der Waals surface area contributed by atoms with Gasteiger partial charge in [0.1, 0.15) is 4.60 Å². The zero-order valence-electron chi connectivity index (χ0n) is 11.0. The van der Waals surface area contributed by atoms with E-state index in [1.165, 1.54) is 6.26 Å². The van der Waals surface area contributed by atoms with Crippen LogP contribution in [0, 0.1) is 0 Å². The van der Waals surface area contributed by atoms with Crippen LogP contribution in [-0.4, -0.2) is 29.0 Å². The van der Waals surface area contributed by atoms with Gasteiger partial charge in [-0.25, -0.2) is 18.4 Å². The molecule has 0 atom stereocenters. The van der Waals surface area contributed by atoms with E-state index in [9.17, 15) is 8.42 Å². The SMILES string of the molecule is CS(=O)(=O)c1ccc(Nc2ncc(Br)n3ccnc23)cc1. The van der Waals surface area contributed by atoms with Crippen molar-refractivity contribution in [3.05, 3.63) is 47.5 Å². The van der Waals surface area contributed by atoms with E-state index < -0.39 is 9.84 Å². The molecule has 1 aromatic carbocycles. The van der Waals surface area contributed by atoms with Gasteiger partial charge in [-0.15, -0.1) is 0 Å². The van der Waals surface area contributed by atoms with Crippen molar-refractivity contribution in [2.75, 3.05) is 11.6 Å². The number of anilines is 2. The number of halogens is 1. The predicted octanol–water partition coefficient (Wildman–Crippen LogP) is 2.64. The van der Waals surface area contributed by atoms with Gasteiger partial charge in [-0.3, -0.25) is 4.40 Å². The van der Waals surface area contributed by atoms with Gasteiger partial charge in [-0.2, -0.15) is 0 Å². The second kappa shape index (κ2) is 5.12. The van der Waals surface area contributed by atoms with Crippen LogP contribution in [0.5, 0.6) is 0 Å². The van der Waals surface area contributed by atoms with Gasteiger partial charge in [0.05, 0.1) is 11.1 Å². The Morgan fingerprint density at radius 1 is 1.19 bits per heavy atom. The van der Waals surface area contributed by atoms with Crippen LogP contribution in [0.3, 0.4) is 0 Å². The number of sulfone groups is 1. The molecule has 21 heavy (non-hydrogen) atoms. The van der Waals surface area contributed by atoms with Gasteiger partial charge in [0, 0.05) is 24.3 Å². The van der Waals surface area contributed by atoms with Crippen molar-refractivity contribution in [1.29, 1.82) is 0 Å². The number of hydrogen-bond acceptors (Lipinski definition) is 5. The van der Waals surface area contributed by atoms with Crippen LogP contribution < -0.4 is 5.32 Å². The van der Waals surface area contributed by atoms with Gasteiger partial charge in [-0.1, -0.05) is 0 Å². The molecular formula is C13H11BrN4O2S. The van der Waals surface area contributed by atoms with Crippen LogP contribution in [0.2, 0.25) is 0 Å². The molecule has 0 radical (unpaired) electrons. The number of nitrogens with one attached hydrogen (secondary N) is 1. The van der Waals surface area contributed by atoms with E-state index in [4.69, 9.17) is 0 Å². The molecule has 0 fully saturated rings. The fourth-order valence-corrected chi connectivity index (χ4v) is 2.92. The summed E-state index contributed by atoms with van der Waals surface area (Å²) >= 11 is 3.39. The van der Waals surface area contributed by atoms with Crippen molar-refractivity contribution in [1.82, 2.24) is 14.4 Å². The highest BCUT2D eigenvalue weighted by Gasteiger charge is 2.09. The zero-order valence-corrected chi connectivity index (χ0v) is 13.4. The van der Waals surface area contributed by atoms with E-state index in [-0.39, 0.29) is 4.90 Å². The summed E-state index contributed by atoms with van der Waals surface area (Å²) < 4.78 is 25.5. The van der Waals surface area contributed by atoms with Crippen LogP contribution in [0.25, 0.3) is 5.65 Å². The van der Waals surface area contributed by atoms with Crippen molar-refractivity contribution in [3.63, 3.8) is 0 Å². The third-order valence-electron chi connectivity index (χ3n) is 2.93. The van der Waals surface area contributed by atoms with E-state index in [1.807, 2.05) is 10.6 Å². The summed E-state index contributed by atoms with van der Waals surface area (Å²) in [6.45, 7) is 0. The second-order valence-electron chi connectivity index (χ2n) is 4.47. The lowest BCUT2D eigenvalue weighted by molar-refractivity contribution is 0.602. The number of imidazole rings is 1. The molecule has 1 N–H and O–H groups in total. The minimum absolute atomic E-state index is 0.280. The normalized spacial score (nSPS) is 11.7. The molecule has 0 spiro atoms. The molecule has 0 bridgehead atoms. The minimum atomic E-state index is -3.19. The van der Waals surface area contributed by atoms with Crippen LogP contribution in [0.15, 0.2) is 52.4 Å². The maximum Gasteiger partial charge on any atom is 0.181 e. The third kappa shape index (κ3) is 2.77. The Kier molecular flexibility index (Phi) is 3.42. The number of nitrogens with zero attached hydrogens (tertiary/aromatic N) is 3. The highest BCUT2D eigenvalue weighted by molar-refractivity contribution is 9.10. The highest BCUT2D eigenvalue weighted by Crippen LogP contribution is 2.22. The quantitative estimate of drug-likeness (QED) is 0.770. The number of rotatable bonds is 3. The average molecular weight is 367 g/mol. The fourth-order valence-electron chi connectivity index (χ4n) is 1.90. The monoisotopic (exact) mass is 366 g/mol. The first-order valence-corrected chi connectivity index (χ1v) is 8.68. The van der Waals surface area contributed by atoms with Crippen molar-refractivity contribution in [3.8, 4) is 0 Å². The maximum absolute atomic E-state index is 11.4. The summed E-state index contributed by atoms with van der Waals surface area (Å²) in [5, 5.41) is 3.13. The predicted molar refractivity (Wildman–Crippen MR) is 83.5 cm³/mol. The molecule has 0 aliphatic heterocycles. The lowest BCUT2D eigenvalue weighted by atomic mass is 10.3. The van der Waals surface area contributed by atoms with Crippen LogP contribution in [0.1, 0.15) is 0 Å². The standard InChI is InChI=1S/C13H11BrN4O2S/c1-21(19,20)10-4-2-9(3-5-10)17-12-13-15-6-7-18(13)11(14)8-16-12/h2-8H,1H3,(H,16,17). The smallest absolute Gasteiger partial charge is 0.181 e. The Morgan fingerprint density at radius 2 is 1.90 bits per heavy atom. The third-order valence-corrected chi connectivity index (χ3v) is 4.64. The Morgan fingerprint density at radius 3 is 2.57 bits per heavy atom. The lowest BCUT2D eigenvalue weighted by Crippen LogP contribution is -2.00. The fraction of sp³-hybridized carbons (Fsp3) is 0.0769. The largest absolute Gasteiger partial charge is 0.337 e. The summed E-state index contributed by atoms with van der Waals surface area (Å²) in [7, 11) is -3.19. The highest BCUT2D eigenvalue weighted by atomic mass is 79.9. The maximum atomic E-state index is 11.4. The molecular weight excluding hydrogens is 356 g/mol. The minimum Gasteiger partial charge on any atom is -0.337 e. The molecule has 108 valence electrons. The Balaban J connectivity index is 1.96. The molecule has 0 saturated carbocycles. The van der Waals surface area contributed by atoms with Gasteiger partial charge in [-0.05, 0) is 40.2 Å². The molecule has 0 aliphatic carbocycles. The molecule has 0 aliphatic rings. The molecule has 0 saturated heterocycles. The summed E-state index contributed by atoms with van der Waals surface area (Å²) in [4.78, 5) is 8.81. The van der Waals surface area contributed by atoms with E-state index >= 15 is 0 Å². The first-order valence-electron chi connectivity index (χ1n) is 6.00. The molecule has 3 aromatic rings. The van der Waals surface area contributed by atoms with E-state index in [1.54, 1.807) is 36.7 Å². The van der Waals surface area contributed by atoms with E-state index in [0.717, 1.165) is 10.3 Å².